The molecule has 1 saturated carbocycles. The molecule has 0 atom stereocenters. The normalized spacial score (nSPS) is 25.9. The number of benzene rings is 1. The van der Waals surface area contributed by atoms with Crippen LogP contribution in [0.5, 0.6) is 5.75 Å². The van der Waals surface area contributed by atoms with Gasteiger partial charge in [-0.15, -0.1) is 0 Å². The Morgan fingerprint density at radius 3 is 2.69 bits per heavy atom. The topological polar surface area (TPSA) is 61.9 Å². The zero-order chi connectivity index (χ0) is 18.9. The molecule has 6 nitrogen and oxygen atoms in total. The average molecular weight is 424 g/mol. The fourth-order valence-electron chi connectivity index (χ4n) is 3.85. The summed E-state index contributed by atoms with van der Waals surface area (Å²) in [5.74, 6) is 1.32. The van der Waals surface area contributed by atoms with Gasteiger partial charge in [0.05, 0.1) is 13.8 Å². The fourth-order valence-corrected chi connectivity index (χ4v) is 4.26. The lowest BCUT2D eigenvalue weighted by atomic mass is 9.77. The summed E-state index contributed by atoms with van der Waals surface area (Å²) in [4.78, 5) is 28.7. The Bertz CT molecular complexity index is 701. The van der Waals surface area contributed by atoms with Crippen LogP contribution in [0.3, 0.4) is 0 Å². The third-order valence-electron chi connectivity index (χ3n) is 5.44. The molecular weight excluding hydrogens is 398 g/mol. The van der Waals surface area contributed by atoms with E-state index in [2.05, 4.69) is 28.2 Å². The van der Waals surface area contributed by atoms with Crippen molar-refractivity contribution in [3.63, 3.8) is 0 Å². The van der Waals surface area contributed by atoms with Gasteiger partial charge < -0.3 is 10.1 Å². The van der Waals surface area contributed by atoms with E-state index in [0.29, 0.717) is 12.5 Å². The third-order valence-corrected chi connectivity index (χ3v) is 5.93. The van der Waals surface area contributed by atoms with Gasteiger partial charge in [0.1, 0.15) is 11.3 Å². The van der Waals surface area contributed by atoms with E-state index in [-0.39, 0.29) is 18.6 Å². The largest absolute Gasteiger partial charge is 0.496 e. The molecule has 1 spiro atoms. The zero-order valence-electron chi connectivity index (χ0n) is 15.5. The van der Waals surface area contributed by atoms with Crippen LogP contribution in [0, 0.1) is 5.92 Å². The Hall–Kier alpha value is -1.60. The van der Waals surface area contributed by atoms with Crippen molar-refractivity contribution in [2.75, 3.05) is 20.8 Å². The lowest BCUT2D eigenvalue weighted by Crippen LogP contribution is -2.49. The molecule has 7 heteroatoms. The zero-order valence-corrected chi connectivity index (χ0v) is 17.1. The maximum Gasteiger partial charge on any atom is 0.326 e. The molecule has 1 saturated heterocycles. The van der Waals surface area contributed by atoms with Crippen molar-refractivity contribution in [2.24, 2.45) is 5.92 Å². The molecule has 26 heavy (non-hydrogen) atoms. The Morgan fingerprint density at radius 2 is 2.04 bits per heavy atom. The van der Waals surface area contributed by atoms with Gasteiger partial charge in [0, 0.05) is 16.6 Å². The molecule has 3 amide bonds. The smallest absolute Gasteiger partial charge is 0.326 e. The van der Waals surface area contributed by atoms with Crippen molar-refractivity contribution < 1.29 is 14.3 Å². The molecule has 1 aliphatic carbocycles. The van der Waals surface area contributed by atoms with Crippen molar-refractivity contribution in [1.82, 2.24) is 15.1 Å². The summed E-state index contributed by atoms with van der Waals surface area (Å²) < 4.78 is 6.37. The second-order valence-electron chi connectivity index (χ2n) is 7.54. The maximum atomic E-state index is 12.9. The molecule has 1 aromatic carbocycles. The van der Waals surface area contributed by atoms with Crippen LogP contribution < -0.4 is 10.1 Å². The quantitative estimate of drug-likeness (QED) is 0.737. The van der Waals surface area contributed by atoms with E-state index >= 15 is 0 Å². The molecule has 2 aliphatic rings. The molecule has 1 aromatic rings. The van der Waals surface area contributed by atoms with Crippen molar-refractivity contribution in [3.8, 4) is 5.75 Å². The van der Waals surface area contributed by atoms with Gasteiger partial charge in [0.2, 0.25) is 0 Å². The van der Waals surface area contributed by atoms with E-state index in [1.807, 2.05) is 30.1 Å². The van der Waals surface area contributed by atoms with Crippen LogP contribution in [-0.4, -0.2) is 48.1 Å². The lowest BCUT2D eigenvalue weighted by molar-refractivity contribution is -0.134. The highest BCUT2D eigenvalue weighted by Crippen LogP contribution is 2.36. The molecule has 0 bridgehead atoms. The number of carbonyl (C=O) groups is 2. The first-order chi connectivity index (χ1) is 12.3. The molecular formula is C19H26BrN3O3. The number of nitrogens with zero attached hydrogens (tertiary/aromatic N) is 2. The van der Waals surface area contributed by atoms with Crippen LogP contribution in [0.15, 0.2) is 22.7 Å². The fraction of sp³-hybridized carbons (Fsp3) is 0.579. The second kappa shape index (κ2) is 7.56. The predicted molar refractivity (Wildman–Crippen MR) is 103 cm³/mol. The number of imide groups is 1. The predicted octanol–water partition coefficient (Wildman–Crippen LogP) is 3.35. The van der Waals surface area contributed by atoms with Crippen molar-refractivity contribution >= 4 is 27.9 Å². The Kier molecular flexibility index (Phi) is 5.58. The molecule has 1 aliphatic heterocycles. The van der Waals surface area contributed by atoms with Gasteiger partial charge in [-0.25, -0.2) is 9.69 Å². The van der Waals surface area contributed by atoms with Crippen LogP contribution >= 0.6 is 15.9 Å². The number of carbonyl (C=O) groups excluding carboxylic acids is 2. The number of hydrogen-bond acceptors (Lipinski definition) is 4. The van der Waals surface area contributed by atoms with E-state index in [1.54, 1.807) is 7.11 Å². The van der Waals surface area contributed by atoms with Crippen molar-refractivity contribution in [3.05, 3.63) is 28.2 Å². The Labute approximate surface area is 163 Å². The van der Waals surface area contributed by atoms with Gasteiger partial charge in [0.15, 0.2) is 0 Å². The first-order valence-corrected chi connectivity index (χ1v) is 9.79. The second-order valence-corrected chi connectivity index (χ2v) is 8.46. The number of ether oxygens (including phenoxy) is 1. The number of hydrogen-bond donors (Lipinski definition) is 1. The number of nitrogens with one attached hydrogen (secondary N) is 1. The van der Waals surface area contributed by atoms with E-state index in [4.69, 9.17) is 4.74 Å². The summed E-state index contributed by atoms with van der Waals surface area (Å²) in [5, 5.41) is 2.97. The molecule has 0 unspecified atom stereocenters. The van der Waals surface area contributed by atoms with Gasteiger partial charge in [-0.3, -0.25) is 9.69 Å². The van der Waals surface area contributed by atoms with Gasteiger partial charge in [-0.05, 0) is 56.8 Å². The van der Waals surface area contributed by atoms with E-state index in [9.17, 15) is 9.59 Å². The maximum absolute atomic E-state index is 12.9. The Morgan fingerprint density at radius 1 is 1.35 bits per heavy atom. The molecule has 0 aromatic heterocycles. The highest BCUT2D eigenvalue weighted by atomic mass is 79.9. The monoisotopic (exact) mass is 423 g/mol. The Balaban J connectivity index is 1.68. The summed E-state index contributed by atoms with van der Waals surface area (Å²) in [7, 11) is 3.53. The highest BCUT2D eigenvalue weighted by Gasteiger charge is 2.52. The summed E-state index contributed by atoms with van der Waals surface area (Å²) >= 11 is 3.47. The minimum Gasteiger partial charge on any atom is -0.496 e. The standard InChI is InChI=1S/C19H26BrN3O3/c1-13-6-8-19(9-7-13)17(24)23(18(25)21-19)12-22(2)11-14-10-15(20)4-5-16(14)26-3/h4-5,10,13H,6-9,11-12H2,1-3H3,(H,21,25). The molecule has 3 rings (SSSR count). The first-order valence-electron chi connectivity index (χ1n) is 9.00. The number of amides is 3. The van der Waals surface area contributed by atoms with Crippen LogP contribution in [0.25, 0.3) is 0 Å². The van der Waals surface area contributed by atoms with Gasteiger partial charge in [-0.2, -0.15) is 0 Å². The number of methoxy groups -OCH3 is 1. The SMILES string of the molecule is COc1ccc(Br)cc1CN(C)CN1C(=O)NC2(CCC(C)CC2)C1=O. The number of rotatable bonds is 5. The van der Waals surface area contributed by atoms with Crippen LogP contribution in [-0.2, 0) is 11.3 Å². The molecule has 1 heterocycles. The lowest BCUT2D eigenvalue weighted by Gasteiger charge is -2.33. The summed E-state index contributed by atoms with van der Waals surface area (Å²) in [6.07, 6.45) is 3.42. The first kappa shape index (κ1) is 19.2. The van der Waals surface area contributed by atoms with E-state index in [0.717, 1.165) is 41.5 Å². The summed E-state index contributed by atoms with van der Waals surface area (Å²) in [5.41, 5.74) is 0.315. The number of urea groups is 1. The molecule has 142 valence electrons. The average Bonchev–Trinajstić information content (AvgIpc) is 2.82. The minimum atomic E-state index is -0.683. The van der Waals surface area contributed by atoms with Crippen molar-refractivity contribution in [2.45, 2.75) is 44.7 Å². The molecule has 1 N–H and O–H groups in total. The van der Waals surface area contributed by atoms with Crippen LogP contribution in [0.4, 0.5) is 4.79 Å². The van der Waals surface area contributed by atoms with Gasteiger partial charge in [-0.1, -0.05) is 22.9 Å². The molecule has 0 radical (unpaired) electrons. The van der Waals surface area contributed by atoms with Crippen LogP contribution in [0.2, 0.25) is 0 Å². The van der Waals surface area contributed by atoms with E-state index in [1.165, 1.54) is 4.90 Å². The number of halogens is 1. The third kappa shape index (κ3) is 3.74. The van der Waals surface area contributed by atoms with E-state index < -0.39 is 5.54 Å². The van der Waals surface area contributed by atoms with Crippen LogP contribution in [0.1, 0.15) is 38.2 Å². The van der Waals surface area contributed by atoms with Gasteiger partial charge >= 0.3 is 6.03 Å². The summed E-state index contributed by atoms with van der Waals surface area (Å²) in [6, 6.07) is 5.54. The minimum absolute atomic E-state index is 0.0811. The summed E-state index contributed by atoms with van der Waals surface area (Å²) in [6.45, 7) is 3.03. The highest BCUT2D eigenvalue weighted by molar-refractivity contribution is 9.10. The molecule has 2 fully saturated rings. The van der Waals surface area contributed by atoms with Gasteiger partial charge in [0.25, 0.3) is 5.91 Å². The van der Waals surface area contributed by atoms with Crippen molar-refractivity contribution in [1.29, 1.82) is 0 Å².